The van der Waals surface area contributed by atoms with Gasteiger partial charge in [0.05, 0.1) is 6.57 Å². The molecule has 2 aromatic rings. The highest BCUT2D eigenvalue weighted by Gasteiger charge is 2.03. The summed E-state index contributed by atoms with van der Waals surface area (Å²) in [4.78, 5) is 3.54. The number of fused-ring (bicyclic) bond motifs is 1. The maximum absolute atomic E-state index is 7.14. The maximum Gasteiger partial charge on any atom is 0.195 e. The molecule has 0 atom stereocenters. The van der Waals surface area contributed by atoms with Crippen LogP contribution in [0.15, 0.2) is 36.4 Å². The number of hydrogen-bond donors (Lipinski definition) is 1. The minimum atomic E-state index is 0.720. The SMILES string of the molecule is [C-]#[N+]c1ccc(NCCC)c2ccccc12. The van der Waals surface area contributed by atoms with Crippen LogP contribution in [-0.2, 0) is 0 Å². The van der Waals surface area contributed by atoms with Crippen molar-refractivity contribution in [2.45, 2.75) is 13.3 Å². The molecule has 0 saturated heterocycles. The van der Waals surface area contributed by atoms with Crippen LogP contribution in [0.2, 0.25) is 0 Å². The fourth-order valence-corrected chi connectivity index (χ4v) is 1.79. The summed E-state index contributed by atoms with van der Waals surface area (Å²) in [7, 11) is 0. The Morgan fingerprint density at radius 3 is 2.56 bits per heavy atom. The first-order valence-electron chi connectivity index (χ1n) is 5.50. The number of anilines is 1. The highest BCUT2D eigenvalue weighted by atomic mass is 14.9. The Kier molecular flexibility index (Phi) is 3.07. The summed E-state index contributed by atoms with van der Waals surface area (Å²) < 4.78 is 0. The molecule has 2 aromatic carbocycles. The third-order valence-electron chi connectivity index (χ3n) is 2.59. The zero-order valence-electron chi connectivity index (χ0n) is 9.33. The maximum atomic E-state index is 7.14. The Labute approximate surface area is 95.7 Å². The fourth-order valence-electron chi connectivity index (χ4n) is 1.79. The van der Waals surface area contributed by atoms with E-state index in [1.807, 2.05) is 30.3 Å². The van der Waals surface area contributed by atoms with Crippen molar-refractivity contribution in [2.24, 2.45) is 0 Å². The normalized spacial score (nSPS) is 10.0. The van der Waals surface area contributed by atoms with Gasteiger partial charge in [-0.1, -0.05) is 37.3 Å². The lowest BCUT2D eigenvalue weighted by molar-refractivity contribution is 0.981. The van der Waals surface area contributed by atoms with Gasteiger partial charge >= 0.3 is 0 Å². The van der Waals surface area contributed by atoms with E-state index in [4.69, 9.17) is 6.57 Å². The summed E-state index contributed by atoms with van der Waals surface area (Å²) in [5, 5.41) is 5.54. The predicted molar refractivity (Wildman–Crippen MR) is 69.0 cm³/mol. The van der Waals surface area contributed by atoms with Crippen LogP contribution in [0.4, 0.5) is 11.4 Å². The molecule has 0 amide bonds. The largest absolute Gasteiger partial charge is 0.385 e. The van der Waals surface area contributed by atoms with E-state index in [-0.39, 0.29) is 0 Å². The van der Waals surface area contributed by atoms with Gasteiger partial charge in [-0.25, -0.2) is 4.85 Å². The second-order valence-electron chi connectivity index (χ2n) is 3.72. The molecule has 1 N–H and O–H groups in total. The van der Waals surface area contributed by atoms with Crippen LogP contribution in [0.3, 0.4) is 0 Å². The molecule has 2 rings (SSSR count). The van der Waals surface area contributed by atoms with Crippen LogP contribution in [0.1, 0.15) is 13.3 Å². The first kappa shape index (κ1) is 10.5. The van der Waals surface area contributed by atoms with Crippen LogP contribution in [0.25, 0.3) is 15.6 Å². The molecule has 0 aromatic heterocycles. The van der Waals surface area contributed by atoms with Crippen LogP contribution in [-0.4, -0.2) is 6.54 Å². The van der Waals surface area contributed by atoms with Crippen molar-refractivity contribution >= 4 is 22.1 Å². The molecule has 16 heavy (non-hydrogen) atoms. The van der Waals surface area contributed by atoms with E-state index in [0.717, 1.165) is 35.1 Å². The van der Waals surface area contributed by atoms with E-state index in [0.29, 0.717) is 0 Å². The topological polar surface area (TPSA) is 16.4 Å². The van der Waals surface area contributed by atoms with Crippen molar-refractivity contribution < 1.29 is 0 Å². The molecule has 2 heteroatoms. The van der Waals surface area contributed by atoms with E-state index in [1.165, 1.54) is 0 Å². The van der Waals surface area contributed by atoms with Gasteiger partial charge in [0.2, 0.25) is 0 Å². The molecule has 0 aliphatic rings. The van der Waals surface area contributed by atoms with Gasteiger partial charge in [-0.3, -0.25) is 0 Å². The van der Waals surface area contributed by atoms with Crippen LogP contribution < -0.4 is 5.32 Å². The van der Waals surface area contributed by atoms with Crippen molar-refractivity contribution in [1.29, 1.82) is 0 Å². The van der Waals surface area contributed by atoms with Crippen molar-refractivity contribution in [1.82, 2.24) is 0 Å². The Morgan fingerprint density at radius 2 is 1.88 bits per heavy atom. The number of benzene rings is 2. The molecule has 0 bridgehead atoms. The highest BCUT2D eigenvalue weighted by molar-refractivity contribution is 6.02. The van der Waals surface area contributed by atoms with Gasteiger partial charge in [-0.15, -0.1) is 0 Å². The zero-order chi connectivity index (χ0) is 11.4. The Hall–Kier alpha value is -2.01. The lowest BCUT2D eigenvalue weighted by atomic mass is 10.1. The smallest absolute Gasteiger partial charge is 0.195 e. The monoisotopic (exact) mass is 210 g/mol. The van der Waals surface area contributed by atoms with E-state index < -0.39 is 0 Å². The molecule has 2 nitrogen and oxygen atoms in total. The van der Waals surface area contributed by atoms with Gasteiger partial charge in [-0.05, 0) is 23.3 Å². The summed E-state index contributed by atoms with van der Waals surface area (Å²) in [6.07, 6.45) is 1.10. The van der Waals surface area contributed by atoms with Crippen LogP contribution in [0, 0.1) is 6.57 Å². The van der Waals surface area contributed by atoms with Crippen molar-refractivity contribution in [3.05, 3.63) is 47.8 Å². The second-order valence-corrected chi connectivity index (χ2v) is 3.72. The summed E-state index contributed by atoms with van der Waals surface area (Å²) in [6.45, 7) is 10.2. The lowest BCUT2D eigenvalue weighted by Gasteiger charge is -2.09. The first-order chi connectivity index (χ1) is 7.86. The number of nitrogens with zero attached hydrogens (tertiary/aromatic N) is 1. The molecule has 0 fully saturated rings. The first-order valence-corrected chi connectivity index (χ1v) is 5.50. The Bertz CT molecular complexity index is 538. The predicted octanol–water partition coefficient (Wildman–Crippen LogP) is 4.21. The van der Waals surface area contributed by atoms with Crippen molar-refractivity contribution in [2.75, 3.05) is 11.9 Å². The van der Waals surface area contributed by atoms with E-state index in [9.17, 15) is 0 Å². The summed E-state index contributed by atoms with van der Waals surface area (Å²) >= 11 is 0. The number of hydrogen-bond acceptors (Lipinski definition) is 1. The molecule has 0 aliphatic heterocycles. The highest BCUT2D eigenvalue weighted by Crippen LogP contribution is 2.31. The van der Waals surface area contributed by atoms with Gasteiger partial charge in [0.25, 0.3) is 0 Å². The quantitative estimate of drug-likeness (QED) is 0.750. The summed E-state index contributed by atoms with van der Waals surface area (Å²) in [5.74, 6) is 0. The molecule has 0 heterocycles. The minimum Gasteiger partial charge on any atom is -0.385 e. The fraction of sp³-hybridized carbons (Fsp3) is 0.214. The lowest BCUT2D eigenvalue weighted by Crippen LogP contribution is -1.99. The average Bonchev–Trinajstić information content (AvgIpc) is 2.36. The molecule has 0 radical (unpaired) electrons. The Morgan fingerprint density at radius 1 is 1.12 bits per heavy atom. The van der Waals surface area contributed by atoms with Crippen molar-refractivity contribution in [3.8, 4) is 0 Å². The average molecular weight is 210 g/mol. The molecule has 0 aliphatic carbocycles. The summed E-state index contributed by atoms with van der Waals surface area (Å²) in [5.41, 5.74) is 1.84. The number of rotatable bonds is 3. The molecular weight excluding hydrogens is 196 g/mol. The molecule has 0 unspecified atom stereocenters. The van der Waals surface area contributed by atoms with Gasteiger partial charge in [0.1, 0.15) is 0 Å². The van der Waals surface area contributed by atoms with Crippen LogP contribution in [0.5, 0.6) is 0 Å². The second kappa shape index (κ2) is 4.67. The number of nitrogens with one attached hydrogen (secondary N) is 1. The van der Waals surface area contributed by atoms with Gasteiger partial charge in [-0.2, -0.15) is 0 Å². The summed E-state index contributed by atoms with van der Waals surface area (Å²) in [6, 6.07) is 11.9. The molecular formula is C14H14N2. The zero-order valence-corrected chi connectivity index (χ0v) is 9.33. The van der Waals surface area contributed by atoms with Crippen LogP contribution >= 0.6 is 0 Å². The van der Waals surface area contributed by atoms with Gasteiger partial charge in [0.15, 0.2) is 5.69 Å². The minimum absolute atomic E-state index is 0.720. The standard InChI is InChI=1S/C14H14N2/c1-3-10-16-14-9-8-13(15-2)11-6-4-5-7-12(11)14/h4-9,16H,3,10H2,1H3. The molecule has 0 spiro atoms. The third kappa shape index (κ3) is 1.85. The third-order valence-corrected chi connectivity index (χ3v) is 2.59. The molecule has 0 saturated carbocycles. The van der Waals surface area contributed by atoms with E-state index in [1.54, 1.807) is 0 Å². The van der Waals surface area contributed by atoms with E-state index >= 15 is 0 Å². The van der Waals surface area contributed by atoms with Crippen molar-refractivity contribution in [3.63, 3.8) is 0 Å². The van der Waals surface area contributed by atoms with E-state index in [2.05, 4.69) is 23.2 Å². The Balaban J connectivity index is 2.57. The molecule has 80 valence electrons. The van der Waals surface area contributed by atoms with Gasteiger partial charge < -0.3 is 5.32 Å². The van der Waals surface area contributed by atoms with Gasteiger partial charge in [0, 0.05) is 12.2 Å².